The summed E-state index contributed by atoms with van der Waals surface area (Å²) in [4.78, 5) is 4.57. The van der Waals surface area contributed by atoms with Crippen LogP contribution in [-0.4, -0.2) is 18.3 Å². The molecule has 0 unspecified atom stereocenters. The Hall–Kier alpha value is -1.95. The molecule has 6 heteroatoms. The number of nitrogen functional groups attached to an aromatic ring is 1. The molecule has 0 bridgehead atoms. The summed E-state index contributed by atoms with van der Waals surface area (Å²) in [6.45, 7) is 0. The van der Waals surface area contributed by atoms with Crippen LogP contribution in [0, 0.1) is 0 Å². The summed E-state index contributed by atoms with van der Waals surface area (Å²) >= 11 is 1.14. The number of anilines is 1. The van der Waals surface area contributed by atoms with E-state index in [1.807, 2.05) is 25.2 Å². The number of hydrogen-bond acceptors (Lipinski definition) is 5. The predicted octanol–water partition coefficient (Wildman–Crippen LogP) is 1.60. The molecule has 2 heterocycles. The van der Waals surface area contributed by atoms with Gasteiger partial charge in [-0.05, 0) is 12.1 Å². The molecular formula is C11H11N5S. The lowest BCUT2D eigenvalue weighted by atomic mass is 10.3. The normalized spacial score (nSPS) is 11.1. The number of hydrogen-bond donors (Lipinski definition) is 1. The van der Waals surface area contributed by atoms with Gasteiger partial charge in [0.25, 0.3) is 0 Å². The molecule has 2 N–H and O–H groups in total. The summed E-state index contributed by atoms with van der Waals surface area (Å²) in [6.07, 6.45) is 0.619. The lowest BCUT2D eigenvalue weighted by molar-refractivity contribution is 0.838. The quantitative estimate of drug-likeness (QED) is 0.744. The lowest BCUT2D eigenvalue weighted by Crippen LogP contribution is -2.01. The SMILES string of the molecule is Cn1c(Cc2nsnc2N)nc2ccccc21. The van der Waals surface area contributed by atoms with Crippen LogP contribution in [0.4, 0.5) is 5.82 Å². The molecule has 0 saturated carbocycles. The summed E-state index contributed by atoms with van der Waals surface area (Å²) < 4.78 is 10.2. The Kier molecular flexibility index (Phi) is 2.29. The third-order valence-electron chi connectivity index (χ3n) is 2.79. The topological polar surface area (TPSA) is 69.6 Å². The third kappa shape index (κ3) is 1.66. The zero-order chi connectivity index (χ0) is 11.8. The minimum absolute atomic E-state index is 0.502. The van der Waals surface area contributed by atoms with Gasteiger partial charge in [-0.2, -0.15) is 8.75 Å². The van der Waals surface area contributed by atoms with Crippen molar-refractivity contribution >= 4 is 28.6 Å². The molecule has 0 saturated heterocycles. The summed E-state index contributed by atoms with van der Waals surface area (Å²) in [5, 5.41) is 0. The predicted molar refractivity (Wildman–Crippen MR) is 67.8 cm³/mol. The number of fused-ring (bicyclic) bond motifs is 1. The standard InChI is InChI=1S/C11H11N5S/c1-16-9-5-3-2-4-7(9)13-10(16)6-8-11(12)15-17-14-8/h2-5H,6H2,1H3,(H2,12,15). The van der Waals surface area contributed by atoms with Crippen molar-refractivity contribution in [3.63, 3.8) is 0 Å². The number of nitrogens with zero attached hydrogens (tertiary/aromatic N) is 4. The highest BCUT2D eigenvalue weighted by Crippen LogP contribution is 2.18. The molecule has 3 rings (SSSR count). The van der Waals surface area contributed by atoms with Gasteiger partial charge in [0.1, 0.15) is 11.5 Å². The van der Waals surface area contributed by atoms with E-state index < -0.39 is 0 Å². The smallest absolute Gasteiger partial charge is 0.161 e. The second kappa shape index (κ2) is 3.81. The molecule has 3 aromatic rings. The maximum Gasteiger partial charge on any atom is 0.161 e. The average molecular weight is 245 g/mol. The Bertz CT molecular complexity index is 669. The Morgan fingerprint density at radius 2 is 2.12 bits per heavy atom. The number of imidazole rings is 1. The van der Waals surface area contributed by atoms with Crippen LogP contribution in [0.2, 0.25) is 0 Å². The average Bonchev–Trinajstić information content (AvgIpc) is 2.87. The summed E-state index contributed by atoms with van der Waals surface area (Å²) in [5.41, 5.74) is 8.64. The van der Waals surface area contributed by atoms with E-state index in [9.17, 15) is 0 Å². The monoisotopic (exact) mass is 245 g/mol. The fraction of sp³-hybridized carbons (Fsp3) is 0.182. The first kappa shape index (κ1) is 10.2. The van der Waals surface area contributed by atoms with Gasteiger partial charge in [0.2, 0.25) is 0 Å². The summed E-state index contributed by atoms with van der Waals surface area (Å²) in [7, 11) is 2.00. The van der Waals surface area contributed by atoms with Crippen LogP contribution in [0.15, 0.2) is 24.3 Å². The molecule has 0 radical (unpaired) electrons. The molecule has 17 heavy (non-hydrogen) atoms. The van der Waals surface area contributed by atoms with Gasteiger partial charge in [0.15, 0.2) is 5.82 Å². The van der Waals surface area contributed by atoms with Gasteiger partial charge < -0.3 is 10.3 Å². The van der Waals surface area contributed by atoms with Crippen LogP contribution in [-0.2, 0) is 13.5 Å². The first-order valence-electron chi connectivity index (χ1n) is 5.23. The van der Waals surface area contributed by atoms with Gasteiger partial charge in [-0.25, -0.2) is 4.98 Å². The Morgan fingerprint density at radius 1 is 1.29 bits per heavy atom. The molecule has 0 fully saturated rings. The highest BCUT2D eigenvalue weighted by atomic mass is 32.1. The molecule has 0 amide bonds. The Balaban J connectivity index is 2.06. The van der Waals surface area contributed by atoms with Crippen molar-refractivity contribution in [2.24, 2.45) is 7.05 Å². The molecular weight excluding hydrogens is 234 g/mol. The zero-order valence-corrected chi connectivity index (χ0v) is 10.1. The number of rotatable bonds is 2. The first-order chi connectivity index (χ1) is 8.25. The van der Waals surface area contributed by atoms with E-state index in [0.29, 0.717) is 12.2 Å². The van der Waals surface area contributed by atoms with Crippen LogP contribution < -0.4 is 5.73 Å². The number of nitrogens with two attached hydrogens (primary N) is 1. The largest absolute Gasteiger partial charge is 0.381 e. The van der Waals surface area contributed by atoms with Crippen LogP contribution in [0.3, 0.4) is 0 Å². The number of aryl methyl sites for hydroxylation is 1. The Morgan fingerprint density at radius 3 is 2.82 bits per heavy atom. The molecule has 0 aliphatic carbocycles. The fourth-order valence-corrected chi connectivity index (χ4v) is 2.33. The van der Waals surface area contributed by atoms with Crippen molar-refractivity contribution in [3.05, 3.63) is 35.8 Å². The minimum Gasteiger partial charge on any atom is -0.381 e. The lowest BCUT2D eigenvalue weighted by Gasteiger charge is -2.00. The molecule has 0 atom stereocenters. The van der Waals surface area contributed by atoms with Crippen LogP contribution in [0.5, 0.6) is 0 Å². The highest BCUT2D eigenvalue weighted by Gasteiger charge is 2.11. The van der Waals surface area contributed by atoms with Crippen LogP contribution in [0.25, 0.3) is 11.0 Å². The third-order valence-corrected chi connectivity index (χ3v) is 3.37. The zero-order valence-electron chi connectivity index (χ0n) is 9.29. The van der Waals surface area contributed by atoms with Crippen molar-refractivity contribution in [3.8, 4) is 0 Å². The van der Waals surface area contributed by atoms with Crippen molar-refractivity contribution in [1.82, 2.24) is 18.3 Å². The van der Waals surface area contributed by atoms with Crippen LogP contribution in [0.1, 0.15) is 11.5 Å². The fourth-order valence-electron chi connectivity index (χ4n) is 1.84. The second-order valence-electron chi connectivity index (χ2n) is 3.85. The molecule has 0 aliphatic rings. The van der Waals surface area contributed by atoms with Gasteiger partial charge in [0, 0.05) is 7.05 Å². The Labute approximate surface area is 102 Å². The molecule has 86 valence electrons. The number of benzene rings is 1. The second-order valence-corrected chi connectivity index (χ2v) is 4.38. The number of aromatic nitrogens is 4. The van der Waals surface area contributed by atoms with Gasteiger partial charge in [0.05, 0.1) is 29.2 Å². The molecule has 0 spiro atoms. The maximum absolute atomic E-state index is 5.73. The summed E-state index contributed by atoms with van der Waals surface area (Å²) in [6, 6.07) is 8.04. The van der Waals surface area contributed by atoms with Gasteiger partial charge in [-0.1, -0.05) is 12.1 Å². The highest BCUT2D eigenvalue weighted by molar-refractivity contribution is 6.99. The van der Waals surface area contributed by atoms with E-state index in [-0.39, 0.29) is 0 Å². The molecule has 1 aromatic carbocycles. The van der Waals surface area contributed by atoms with E-state index >= 15 is 0 Å². The molecule has 2 aromatic heterocycles. The van der Waals surface area contributed by atoms with Gasteiger partial charge in [-0.3, -0.25) is 0 Å². The van der Waals surface area contributed by atoms with E-state index in [2.05, 4.69) is 24.4 Å². The number of para-hydroxylation sites is 2. The van der Waals surface area contributed by atoms with Crippen molar-refractivity contribution in [1.29, 1.82) is 0 Å². The van der Waals surface area contributed by atoms with E-state index in [4.69, 9.17) is 5.73 Å². The van der Waals surface area contributed by atoms with E-state index in [1.54, 1.807) is 0 Å². The maximum atomic E-state index is 5.73. The van der Waals surface area contributed by atoms with Crippen LogP contribution >= 0.6 is 11.7 Å². The minimum atomic E-state index is 0.502. The molecule has 0 aliphatic heterocycles. The van der Waals surface area contributed by atoms with E-state index in [0.717, 1.165) is 34.3 Å². The van der Waals surface area contributed by atoms with Crippen molar-refractivity contribution in [2.45, 2.75) is 6.42 Å². The molecule has 5 nitrogen and oxygen atoms in total. The van der Waals surface area contributed by atoms with Gasteiger partial charge in [-0.15, -0.1) is 0 Å². The van der Waals surface area contributed by atoms with Crippen molar-refractivity contribution in [2.75, 3.05) is 5.73 Å². The summed E-state index contributed by atoms with van der Waals surface area (Å²) in [5.74, 6) is 1.45. The first-order valence-corrected chi connectivity index (χ1v) is 5.96. The van der Waals surface area contributed by atoms with Crippen molar-refractivity contribution < 1.29 is 0 Å². The van der Waals surface area contributed by atoms with E-state index in [1.165, 1.54) is 0 Å². The van der Waals surface area contributed by atoms with Gasteiger partial charge >= 0.3 is 0 Å².